The van der Waals surface area contributed by atoms with Gasteiger partial charge in [0, 0.05) is 0 Å². The number of halogens is 1. The van der Waals surface area contributed by atoms with Crippen LogP contribution in [0.3, 0.4) is 0 Å². The maximum atomic E-state index is 12.4. The molecule has 0 radical (unpaired) electrons. The fourth-order valence-corrected chi connectivity index (χ4v) is 3.43. The van der Waals surface area contributed by atoms with Gasteiger partial charge in [-0.1, -0.05) is 42.8 Å². The highest BCUT2D eigenvalue weighted by Gasteiger charge is 2.15. The molecule has 3 aromatic rings. The molecule has 0 amide bonds. The normalized spacial score (nSPS) is 11.2. The number of anilines is 3. The molecule has 2 N–H and O–H groups in total. The minimum Gasteiger partial charge on any atom is -0.338 e. The van der Waals surface area contributed by atoms with Crippen molar-refractivity contribution < 1.29 is 8.42 Å². The number of hydrogen-bond donors (Lipinski definition) is 2. The lowest BCUT2D eigenvalue weighted by atomic mass is 10.2. The van der Waals surface area contributed by atoms with Crippen LogP contribution in [-0.4, -0.2) is 18.6 Å². The summed E-state index contributed by atoms with van der Waals surface area (Å²) < 4.78 is 27.2. The lowest BCUT2D eigenvalue weighted by molar-refractivity contribution is 0.601. The van der Waals surface area contributed by atoms with E-state index in [4.69, 9.17) is 11.6 Å². The zero-order valence-corrected chi connectivity index (χ0v) is 15.6. The molecule has 0 fully saturated rings. The highest BCUT2D eigenvalue weighted by molar-refractivity contribution is 7.92. The van der Waals surface area contributed by atoms with Crippen LogP contribution >= 0.6 is 11.6 Å². The van der Waals surface area contributed by atoms with E-state index in [2.05, 4.69) is 20.2 Å². The van der Waals surface area contributed by atoms with E-state index in [1.807, 2.05) is 19.1 Å². The fourth-order valence-electron chi connectivity index (χ4n) is 2.25. The molecule has 26 heavy (non-hydrogen) atoms. The molecular weight excluding hydrogens is 372 g/mol. The van der Waals surface area contributed by atoms with Gasteiger partial charge in [0.25, 0.3) is 10.0 Å². The van der Waals surface area contributed by atoms with Crippen molar-refractivity contribution in [3.05, 3.63) is 71.2 Å². The van der Waals surface area contributed by atoms with Crippen molar-refractivity contribution in [2.24, 2.45) is 0 Å². The zero-order valence-electron chi connectivity index (χ0n) is 14.0. The quantitative estimate of drug-likeness (QED) is 0.659. The van der Waals surface area contributed by atoms with E-state index >= 15 is 0 Å². The predicted octanol–water partition coefficient (Wildman–Crippen LogP) is 4.24. The van der Waals surface area contributed by atoms with E-state index in [9.17, 15) is 8.42 Å². The van der Waals surface area contributed by atoms with Gasteiger partial charge in [-0.3, -0.25) is 4.72 Å². The van der Waals surface area contributed by atoms with Gasteiger partial charge in [-0.2, -0.15) is 0 Å². The van der Waals surface area contributed by atoms with Crippen LogP contribution in [0.4, 0.5) is 17.3 Å². The highest BCUT2D eigenvalue weighted by atomic mass is 35.5. The van der Waals surface area contributed by atoms with Crippen LogP contribution < -0.4 is 10.0 Å². The van der Waals surface area contributed by atoms with Crippen molar-refractivity contribution in [3.63, 3.8) is 0 Å². The Morgan fingerprint density at radius 2 is 1.58 bits per heavy atom. The third-order valence-corrected chi connectivity index (χ3v) is 5.38. The summed E-state index contributed by atoms with van der Waals surface area (Å²) in [5.41, 5.74) is 1.76. The molecule has 8 heteroatoms. The molecule has 0 atom stereocenters. The number of benzene rings is 2. The van der Waals surface area contributed by atoms with E-state index in [1.54, 1.807) is 42.5 Å². The number of rotatable bonds is 6. The zero-order chi connectivity index (χ0) is 18.6. The van der Waals surface area contributed by atoms with Crippen LogP contribution in [0.1, 0.15) is 12.5 Å². The molecule has 134 valence electrons. The molecule has 0 spiro atoms. The van der Waals surface area contributed by atoms with Crippen molar-refractivity contribution in [3.8, 4) is 0 Å². The van der Waals surface area contributed by atoms with Gasteiger partial charge in [-0.15, -0.1) is 10.2 Å². The van der Waals surface area contributed by atoms with Gasteiger partial charge < -0.3 is 5.32 Å². The molecular formula is C18H17ClN4O2S. The SMILES string of the molecule is CCc1ccc(S(=O)(=O)Nc2ccc(Nc3ccccc3Cl)nn2)cc1. The summed E-state index contributed by atoms with van der Waals surface area (Å²) in [7, 11) is -3.71. The molecule has 0 aliphatic rings. The van der Waals surface area contributed by atoms with Crippen LogP contribution in [0.25, 0.3) is 0 Å². The average molecular weight is 389 g/mol. The summed E-state index contributed by atoms with van der Waals surface area (Å²) in [5.74, 6) is 0.586. The maximum Gasteiger partial charge on any atom is 0.263 e. The number of sulfonamides is 1. The molecule has 3 rings (SSSR count). The summed E-state index contributed by atoms with van der Waals surface area (Å²) in [6.07, 6.45) is 0.846. The van der Waals surface area contributed by atoms with Crippen molar-refractivity contribution in [2.45, 2.75) is 18.2 Å². The van der Waals surface area contributed by atoms with Gasteiger partial charge in [-0.25, -0.2) is 8.42 Å². The lowest BCUT2D eigenvalue weighted by Gasteiger charge is -2.09. The molecule has 2 aromatic carbocycles. The molecule has 0 aliphatic heterocycles. The second-order valence-corrected chi connectivity index (χ2v) is 7.60. The first-order valence-electron chi connectivity index (χ1n) is 7.95. The summed E-state index contributed by atoms with van der Waals surface area (Å²) in [6, 6.07) is 17.1. The Bertz CT molecular complexity index is 990. The van der Waals surface area contributed by atoms with Crippen molar-refractivity contribution in [1.29, 1.82) is 0 Å². The summed E-state index contributed by atoms with van der Waals surface area (Å²) >= 11 is 6.08. The van der Waals surface area contributed by atoms with E-state index in [1.165, 1.54) is 6.07 Å². The standard InChI is InChI=1S/C18H17ClN4O2S/c1-2-13-7-9-14(10-8-13)26(24,25)23-18-12-11-17(21-22-18)20-16-6-4-3-5-15(16)19/h3-12H,2H2,1H3,(H,20,21)(H,22,23). The predicted molar refractivity (Wildman–Crippen MR) is 103 cm³/mol. The summed E-state index contributed by atoms with van der Waals surface area (Å²) in [6.45, 7) is 2.01. The Labute approximate surface area is 157 Å². The molecule has 0 aliphatic carbocycles. The van der Waals surface area contributed by atoms with Crippen LogP contribution in [0.2, 0.25) is 5.02 Å². The highest BCUT2D eigenvalue weighted by Crippen LogP contribution is 2.24. The van der Waals surface area contributed by atoms with Gasteiger partial charge in [-0.05, 0) is 48.4 Å². The first-order chi connectivity index (χ1) is 12.5. The minimum absolute atomic E-state index is 0.134. The fraction of sp³-hybridized carbons (Fsp3) is 0.111. The van der Waals surface area contributed by atoms with Crippen molar-refractivity contribution >= 4 is 38.9 Å². The van der Waals surface area contributed by atoms with Gasteiger partial charge in [0.1, 0.15) is 0 Å². The first-order valence-corrected chi connectivity index (χ1v) is 9.81. The number of nitrogens with one attached hydrogen (secondary N) is 2. The second-order valence-electron chi connectivity index (χ2n) is 5.51. The minimum atomic E-state index is -3.71. The molecule has 6 nitrogen and oxygen atoms in total. The third kappa shape index (κ3) is 4.30. The van der Waals surface area contributed by atoms with E-state index in [-0.39, 0.29) is 10.7 Å². The van der Waals surface area contributed by atoms with Crippen LogP contribution in [0.5, 0.6) is 0 Å². The van der Waals surface area contributed by atoms with E-state index < -0.39 is 10.0 Å². The molecule has 0 saturated heterocycles. The topological polar surface area (TPSA) is 84.0 Å². The summed E-state index contributed by atoms with van der Waals surface area (Å²) in [4.78, 5) is 0.176. The molecule has 1 heterocycles. The lowest BCUT2D eigenvalue weighted by Crippen LogP contribution is -2.14. The van der Waals surface area contributed by atoms with E-state index in [0.717, 1.165) is 12.0 Å². The van der Waals surface area contributed by atoms with Crippen LogP contribution in [-0.2, 0) is 16.4 Å². The Hall–Kier alpha value is -2.64. The maximum absolute atomic E-state index is 12.4. The van der Waals surface area contributed by atoms with E-state index in [0.29, 0.717) is 16.5 Å². The second kappa shape index (κ2) is 7.72. The van der Waals surface area contributed by atoms with Gasteiger partial charge in [0.05, 0.1) is 15.6 Å². The Kier molecular flexibility index (Phi) is 5.39. The van der Waals surface area contributed by atoms with Crippen LogP contribution in [0.15, 0.2) is 65.6 Å². The van der Waals surface area contributed by atoms with Crippen LogP contribution in [0, 0.1) is 0 Å². The Morgan fingerprint density at radius 1 is 0.923 bits per heavy atom. The average Bonchev–Trinajstić information content (AvgIpc) is 2.65. The van der Waals surface area contributed by atoms with Gasteiger partial charge in [0.2, 0.25) is 0 Å². The number of para-hydroxylation sites is 1. The van der Waals surface area contributed by atoms with Crippen molar-refractivity contribution in [1.82, 2.24) is 10.2 Å². The number of aromatic nitrogens is 2. The van der Waals surface area contributed by atoms with Gasteiger partial charge >= 0.3 is 0 Å². The number of hydrogen-bond acceptors (Lipinski definition) is 5. The summed E-state index contributed by atoms with van der Waals surface area (Å²) in [5, 5.41) is 11.5. The third-order valence-electron chi connectivity index (χ3n) is 3.68. The molecule has 1 aromatic heterocycles. The Morgan fingerprint density at radius 3 is 2.19 bits per heavy atom. The monoisotopic (exact) mass is 388 g/mol. The van der Waals surface area contributed by atoms with Crippen molar-refractivity contribution in [2.75, 3.05) is 10.0 Å². The Balaban J connectivity index is 1.73. The number of nitrogens with zero attached hydrogens (tertiary/aromatic N) is 2. The smallest absolute Gasteiger partial charge is 0.263 e. The van der Waals surface area contributed by atoms with Gasteiger partial charge in [0.15, 0.2) is 11.6 Å². The largest absolute Gasteiger partial charge is 0.338 e. The molecule has 0 bridgehead atoms. The molecule has 0 saturated carbocycles. The molecule has 0 unspecified atom stereocenters. The first kappa shape index (κ1) is 18.2. The number of aryl methyl sites for hydroxylation is 1.